The number of allylic oxidation sites excluding steroid dienone is 1. The first-order chi connectivity index (χ1) is 6.70. The van der Waals surface area contributed by atoms with E-state index in [1.54, 1.807) is 19.3 Å². The molecule has 0 saturated carbocycles. The highest BCUT2D eigenvalue weighted by Crippen LogP contribution is 2.05. The Morgan fingerprint density at radius 2 is 2.50 bits per heavy atom. The van der Waals surface area contributed by atoms with Gasteiger partial charge in [-0.25, -0.2) is 0 Å². The maximum atomic E-state index is 10.5. The van der Waals surface area contributed by atoms with Crippen LogP contribution in [0.15, 0.2) is 30.6 Å². The number of rotatable bonds is 4. The Morgan fingerprint density at radius 3 is 3.07 bits per heavy atom. The topological polar surface area (TPSA) is 50.2 Å². The summed E-state index contributed by atoms with van der Waals surface area (Å²) in [5.74, 6) is -1.09. The SMILES string of the molecule is C[C@H](C/C=C\c1cccnc1)C(=O)O. The van der Waals surface area contributed by atoms with Gasteiger partial charge in [-0.1, -0.05) is 25.1 Å². The number of hydrogen-bond donors (Lipinski definition) is 1. The van der Waals surface area contributed by atoms with Crippen molar-refractivity contribution < 1.29 is 9.90 Å². The molecule has 0 amide bonds. The molecule has 74 valence electrons. The maximum Gasteiger partial charge on any atom is 0.306 e. The molecule has 1 atom stereocenters. The lowest BCUT2D eigenvalue weighted by atomic mass is 10.1. The van der Waals surface area contributed by atoms with E-state index < -0.39 is 5.97 Å². The van der Waals surface area contributed by atoms with Gasteiger partial charge in [-0.2, -0.15) is 0 Å². The molecule has 0 aliphatic rings. The predicted octanol–water partition coefficient (Wildman–Crippen LogP) is 2.21. The summed E-state index contributed by atoms with van der Waals surface area (Å²) in [7, 11) is 0. The molecule has 0 unspecified atom stereocenters. The average Bonchev–Trinajstić information content (AvgIpc) is 2.19. The number of carbonyl (C=O) groups is 1. The maximum absolute atomic E-state index is 10.5. The van der Waals surface area contributed by atoms with Crippen LogP contribution in [0.2, 0.25) is 0 Å². The van der Waals surface area contributed by atoms with Crippen LogP contribution in [0.3, 0.4) is 0 Å². The van der Waals surface area contributed by atoms with Crippen LogP contribution in [0.4, 0.5) is 0 Å². The van der Waals surface area contributed by atoms with Crippen molar-refractivity contribution in [3.63, 3.8) is 0 Å². The Morgan fingerprint density at radius 1 is 1.71 bits per heavy atom. The first-order valence-electron chi connectivity index (χ1n) is 4.49. The number of nitrogens with zero attached hydrogens (tertiary/aromatic N) is 1. The Kier molecular flexibility index (Phi) is 3.85. The largest absolute Gasteiger partial charge is 0.481 e. The highest BCUT2D eigenvalue weighted by molar-refractivity contribution is 5.69. The smallest absolute Gasteiger partial charge is 0.306 e. The molecule has 0 saturated heterocycles. The van der Waals surface area contributed by atoms with Crippen molar-refractivity contribution in [1.29, 1.82) is 0 Å². The van der Waals surface area contributed by atoms with Crippen LogP contribution < -0.4 is 0 Å². The Labute approximate surface area is 83.1 Å². The second-order valence-corrected chi connectivity index (χ2v) is 3.16. The molecule has 1 aromatic rings. The molecule has 0 bridgehead atoms. The number of carboxylic acid groups (broad SMARTS) is 1. The summed E-state index contributed by atoms with van der Waals surface area (Å²) >= 11 is 0. The number of hydrogen-bond acceptors (Lipinski definition) is 2. The highest BCUT2D eigenvalue weighted by Gasteiger charge is 2.07. The van der Waals surface area contributed by atoms with E-state index in [0.29, 0.717) is 6.42 Å². The second-order valence-electron chi connectivity index (χ2n) is 3.16. The molecule has 0 fully saturated rings. The Balaban J connectivity index is 2.46. The van der Waals surface area contributed by atoms with Crippen LogP contribution in [0, 0.1) is 5.92 Å². The van der Waals surface area contributed by atoms with Gasteiger partial charge in [0.25, 0.3) is 0 Å². The third-order valence-electron chi connectivity index (χ3n) is 1.91. The van der Waals surface area contributed by atoms with Crippen LogP contribution in [0.5, 0.6) is 0 Å². The fourth-order valence-corrected chi connectivity index (χ4v) is 0.984. The molecule has 1 aromatic heterocycles. The minimum Gasteiger partial charge on any atom is -0.481 e. The lowest BCUT2D eigenvalue weighted by Crippen LogP contribution is -2.07. The van der Waals surface area contributed by atoms with E-state index in [1.165, 1.54) is 0 Å². The second kappa shape index (κ2) is 5.17. The first-order valence-corrected chi connectivity index (χ1v) is 4.49. The predicted molar refractivity (Wildman–Crippen MR) is 54.7 cm³/mol. The van der Waals surface area contributed by atoms with Gasteiger partial charge in [-0.15, -0.1) is 0 Å². The van der Waals surface area contributed by atoms with Gasteiger partial charge in [0, 0.05) is 12.4 Å². The van der Waals surface area contributed by atoms with Crippen LogP contribution in [0.1, 0.15) is 18.9 Å². The minimum absolute atomic E-state index is 0.331. The van der Waals surface area contributed by atoms with Crippen molar-refractivity contribution in [2.24, 2.45) is 5.92 Å². The summed E-state index contributed by atoms with van der Waals surface area (Å²) in [4.78, 5) is 14.4. The monoisotopic (exact) mass is 191 g/mol. The van der Waals surface area contributed by atoms with Crippen LogP contribution in [-0.4, -0.2) is 16.1 Å². The average molecular weight is 191 g/mol. The molecule has 1 rings (SSSR count). The van der Waals surface area contributed by atoms with E-state index in [2.05, 4.69) is 4.98 Å². The molecule has 0 radical (unpaired) electrons. The zero-order valence-corrected chi connectivity index (χ0v) is 8.05. The first kappa shape index (κ1) is 10.4. The molecule has 0 aliphatic heterocycles. The van der Waals surface area contributed by atoms with Gasteiger partial charge in [0.2, 0.25) is 0 Å². The molecule has 0 spiro atoms. The van der Waals surface area contributed by atoms with Gasteiger partial charge in [0.05, 0.1) is 5.92 Å². The Hall–Kier alpha value is -1.64. The number of pyridine rings is 1. The minimum atomic E-state index is -0.763. The molecular formula is C11H13NO2. The molecule has 14 heavy (non-hydrogen) atoms. The third-order valence-corrected chi connectivity index (χ3v) is 1.91. The zero-order valence-electron chi connectivity index (χ0n) is 8.05. The quantitative estimate of drug-likeness (QED) is 0.793. The van der Waals surface area contributed by atoms with Gasteiger partial charge < -0.3 is 5.11 Å². The lowest BCUT2D eigenvalue weighted by molar-refractivity contribution is -0.140. The molecule has 1 N–H and O–H groups in total. The fourth-order valence-electron chi connectivity index (χ4n) is 0.984. The summed E-state index contributed by atoms with van der Waals surface area (Å²) < 4.78 is 0. The number of carboxylic acids is 1. The van der Waals surface area contributed by atoms with E-state index in [4.69, 9.17) is 5.11 Å². The van der Waals surface area contributed by atoms with Gasteiger partial charge in [0.1, 0.15) is 0 Å². The van der Waals surface area contributed by atoms with Crippen LogP contribution >= 0.6 is 0 Å². The van der Waals surface area contributed by atoms with Gasteiger partial charge in [-0.05, 0) is 18.1 Å². The summed E-state index contributed by atoms with van der Waals surface area (Å²) in [6.45, 7) is 1.69. The molecule has 0 aliphatic carbocycles. The van der Waals surface area contributed by atoms with Crippen LogP contribution in [0.25, 0.3) is 6.08 Å². The van der Waals surface area contributed by atoms with E-state index in [0.717, 1.165) is 5.56 Å². The third kappa shape index (κ3) is 3.39. The Bertz CT molecular complexity index is 319. The summed E-state index contributed by atoms with van der Waals surface area (Å²) in [6, 6.07) is 3.77. The number of aromatic nitrogens is 1. The van der Waals surface area contributed by atoms with Gasteiger partial charge >= 0.3 is 5.97 Å². The molecule has 3 nitrogen and oxygen atoms in total. The molecule has 0 aromatic carbocycles. The van der Waals surface area contributed by atoms with E-state index in [1.807, 2.05) is 24.3 Å². The highest BCUT2D eigenvalue weighted by atomic mass is 16.4. The van der Waals surface area contributed by atoms with Crippen molar-refractivity contribution in [2.45, 2.75) is 13.3 Å². The van der Waals surface area contributed by atoms with E-state index >= 15 is 0 Å². The van der Waals surface area contributed by atoms with Crippen molar-refractivity contribution in [2.75, 3.05) is 0 Å². The number of aliphatic carboxylic acids is 1. The standard InChI is InChI=1S/C11H13NO2/c1-9(11(13)14)4-2-5-10-6-3-7-12-8-10/h2-3,5-9H,4H2,1H3,(H,13,14)/b5-2-/t9-/m1/s1. The summed E-state index contributed by atoms with van der Waals surface area (Å²) in [6.07, 6.45) is 7.73. The van der Waals surface area contributed by atoms with E-state index in [-0.39, 0.29) is 5.92 Å². The summed E-state index contributed by atoms with van der Waals surface area (Å²) in [5, 5.41) is 8.63. The van der Waals surface area contributed by atoms with Gasteiger partial charge in [-0.3, -0.25) is 9.78 Å². The van der Waals surface area contributed by atoms with Crippen molar-refractivity contribution in [1.82, 2.24) is 4.98 Å². The van der Waals surface area contributed by atoms with E-state index in [9.17, 15) is 4.79 Å². The van der Waals surface area contributed by atoms with Crippen molar-refractivity contribution >= 4 is 12.0 Å². The summed E-state index contributed by atoms with van der Waals surface area (Å²) in [5.41, 5.74) is 0.991. The lowest BCUT2D eigenvalue weighted by Gasteiger charge is -1.99. The normalized spacial score (nSPS) is 12.9. The zero-order chi connectivity index (χ0) is 10.4. The molecule has 3 heteroatoms. The fraction of sp³-hybridized carbons (Fsp3) is 0.273. The van der Waals surface area contributed by atoms with Crippen molar-refractivity contribution in [3.05, 3.63) is 36.2 Å². The van der Waals surface area contributed by atoms with Gasteiger partial charge in [0.15, 0.2) is 0 Å². The van der Waals surface area contributed by atoms with Crippen molar-refractivity contribution in [3.8, 4) is 0 Å². The van der Waals surface area contributed by atoms with Crippen LogP contribution in [-0.2, 0) is 4.79 Å². The molecule has 1 heterocycles. The molecular weight excluding hydrogens is 178 g/mol.